The van der Waals surface area contributed by atoms with Crippen LogP contribution in [0, 0.1) is 0 Å². The van der Waals surface area contributed by atoms with Crippen molar-refractivity contribution in [2.75, 3.05) is 0 Å². The van der Waals surface area contributed by atoms with Gasteiger partial charge in [0.05, 0.1) is 6.04 Å². The number of azide groups is 1. The number of carbonyl (C=O) groups is 1. The molecule has 5 nitrogen and oxygen atoms in total. The van der Waals surface area contributed by atoms with Gasteiger partial charge in [-0.2, -0.15) is 0 Å². The molecule has 70 valence electrons. The molecular weight excluding hydrogens is 180 g/mol. The van der Waals surface area contributed by atoms with Crippen LogP contribution in [0.3, 0.4) is 0 Å². The first-order valence-corrected chi connectivity index (χ1v) is 4.22. The first-order valence-electron chi connectivity index (χ1n) is 4.22. The van der Waals surface area contributed by atoms with Gasteiger partial charge >= 0.3 is 0 Å². The highest BCUT2D eigenvalue weighted by molar-refractivity contribution is 5.89. The summed E-state index contributed by atoms with van der Waals surface area (Å²) in [5.41, 5.74) is 9.22. The third kappa shape index (κ3) is 1.30. The number of amides is 1. The highest BCUT2D eigenvalue weighted by Gasteiger charge is 2.39. The number of benzene rings is 1. The molecule has 1 aliphatic rings. The molecule has 0 saturated carbocycles. The van der Waals surface area contributed by atoms with E-state index in [1.54, 1.807) is 0 Å². The van der Waals surface area contributed by atoms with Crippen LogP contribution in [-0.2, 0) is 4.79 Å². The largest absolute Gasteiger partial charge is 0.348 e. The number of nitrogens with one attached hydrogen (secondary N) is 1. The van der Waals surface area contributed by atoms with Crippen molar-refractivity contribution in [2.24, 2.45) is 5.11 Å². The Balaban J connectivity index is 2.22. The number of hydrogen-bond acceptors (Lipinski definition) is 2. The lowest BCUT2D eigenvalue weighted by Crippen LogP contribution is -2.54. The molecule has 1 aromatic carbocycles. The number of nitrogens with zero attached hydrogens (tertiary/aromatic N) is 3. The second-order valence-electron chi connectivity index (χ2n) is 3.05. The molecule has 0 aromatic heterocycles. The van der Waals surface area contributed by atoms with Crippen molar-refractivity contribution in [3.8, 4) is 0 Å². The molecule has 0 spiro atoms. The van der Waals surface area contributed by atoms with Gasteiger partial charge in [-0.1, -0.05) is 35.4 Å². The van der Waals surface area contributed by atoms with Crippen molar-refractivity contribution in [1.29, 1.82) is 0 Å². The van der Waals surface area contributed by atoms with Crippen LogP contribution in [-0.4, -0.2) is 11.9 Å². The predicted molar refractivity (Wildman–Crippen MR) is 50.3 cm³/mol. The molecule has 1 heterocycles. The van der Waals surface area contributed by atoms with Crippen LogP contribution in [0.1, 0.15) is 11.6 Å². The van der Waals surface area contributed by atoms with Crippen LogP contribution in [0.2, 0.25) is 0 Å². The molecule has 1 N–H and O–H groups in total. The molecule has 0 unspecified atom stereocenters. The van der Waals surface area contributed by atoms with Crippen LogP contribution in [0.15, 0.2) is 35.4 Å². The molecule has 2 rings (SSSR count). The van der Waals surface area contributed by atoms with Gasteiger partial charge in [0.15, 0.2) is 0 Å². The molecule has 0 aliphatic carbocycles. The maximum atomic E-state index is 11.0. The van der Waals surface area contributed by atoms with Gasteiger partial charge in [-0.15, -0.1) is 0 Å². The summed E-state index contributed by atoms with van der Waals surface area (Å²) in [6.07, 6.45) is 0. The van der Waals surface area contributed by atoms with Crippen LogP contribution in [0.5, 0.6) is 0 Å². The van der Waals surface area contributed by atoms with Crippen molar-refractivity contribution < 1.29 is 4.79 Å². The summed E-state index contributed by atoms with van der Waals surface area (Å²) in [5, 5.41) is 6.13. The summed E-state index contributed by atoms with van der Waals surface area (Å²) in [4.78, 5) is 13.7. The van der Waals surface area contributed by atoms with Gasteiger partial charge in [0.2, 0.25) is 5.91 Å². The maximum absolute atomic E-state index is 11.0. The average Bonchev–Trinajstić information content (AvgIpc) is 2.24. The minimum atomic E-state index is -0.595. The maximum Gasteiger partial charge on any atom is 0.231 e. The van der Waals surface area contributed by atoms with E-state index in [-0.39, 0.29) is 11.9 Å². The van der Waals surface area contributed by atoms with Crippen LogP contribution >= 0.6 is 0 Å². The molecule has 1 saturated heterocycles. The Morgan fingerprint density at radius 3 is 2.64 bits per heavy atom. The van der Waals surface area contributed by atoms with Crippen molar-refractivity contribution in [1.82, 2.24) is 5.32 Å². The van der Waals surface area contributed by atoms with E-state index in [4.69, 9.17) is 5.53 Å². The van der Waals surface area contributed by atoms with Crippen molar-refractivity contribution in [3.05, 3.63) is 46.3 Å². The van der Waals surface area contributed by atoms with Crippen LogP contribution < -0.4 is 5.32 Å². The zero-order valence-corrected chi connectivity index (χ0v) is 7.29. The van der Waals surface area contributed by atoms with Crippen molar-refractivity contribution >= 4 is 5.91 Å². The second-order valence-corrected chi connectivity index (χ2v) is 3.05. The van der Waals surface area contributed by atoms with Gasteiger partial charge in [0.1, 0.15) is 6.04 Å². The highest BCUT2D eigenvalue weighted by atomic mass is 16.2. The van der Waals surface area contributed by atoms with Gasteiger partial charge in [-0.05, 0) is 11.1 Å². The van der Waals surface area contributed by atoms with Crippen LogP contribution in [0.4, 0.5) is 0 Å². The van der Waals surface area contributed by atoms with E-state index in [2.05, 4.69) is 15.3 Å². The molecule has 5 heteroatoms. The minimum absolute atomic E-state index is 0.167. The summed E-state index contributed by atoms with van der Waals surface area (Å²) in [6, 6.07) is 8.68. The first-order chi connectivity index (χ1) is 6.83. The van der Waals surface area contributed by atoms with Gasteiger partial charge in [0.25, 0.3) is 0 Å². The standard InChI is InChI=1S/C9H8N4O/c10-13-12-8-7(11-9(8)14)6-4-2-1-3-5-6/h1-5,7-8H,(H,11,14)/t7-,8+/m1/s1. The second kappa shape index (κ2) is 3.40. The number of carbonyl (C=O) groups excluding carboxylic acids is 1. The quantitative estimate of drug-likeness (QED) is 0.325. The molecule has 0 radical (unpaired) electrons. The van der Waals surface area contributed by atoms with Gasteiger partial charge in [-0.3, -0.25) is 4.79 Å². The number of β-lactam (4-membered cyclic amide) rings is 1. The topological polar surface area (TPSA) is 77.9 Å². The average molecular weight is 188 g/mol. The molecule has 1 aromatic rings. The Labute approximate surface area is 80.4 Å². The molecular formula is C9H8N4O. The van der Waals surface area contributed by atoms with E-state index in [0.29, 0.717) is 0 Å². The summed E-state index contributed by atoms with van der Waals surface area (Å²) in [5.74, 6) is -0.211. The Bertz CT molecular complexity index is 395. The summed E-state index contributed by atoms with van der Waals surface area (Å²) < 4.78 is 0. The third-order valence-electron chi connectivity index (χ3n) is 2.22. The van der Waals surface area contributed by atoms with E-state index in [1.165, 1.54) is 0 Å². The Hall–Kier alpha value is -2.00. The molecule has 1 fully saturated rings. The fraction of sp³-hybridized carbons (Fsp3) is 0.222. The predicted octanol–water partition coefficient (Wildman–Crippen LogP) is 1.54. The Morgan fingerprint density at radius 1 is 1.36 bits per heavy atom. The summed E-state index contributed by atoms with van der Waals surface area (Å²) in [6.45, 7) is 0. The van der Waals surface area contributed by atoms with Crippen LogP contribution in [0.25, 0.3) is 10.4 Å². The van der Waals surface area contributed by atoms with Gasteiger partial charge in [0, 0.05) is 4.91 Å². The third-order valence-corrected chi connectivity index (χ3v) is 2.22. The first kappa shape index (κ1) is 8.59. The molecule has 1 amide bonds. The number of hydrogen-bond donors (Lipinski definition) is 1. The monoisotopic (exact) mass is 188 g/mol. The van der Waals surface area contributed by atoms with E-state index < -0.39 is 6.04 Å². The molecule has 2 atom stereocenters. The minimum Gasteiger partial charge on any atom is -0.348 e. The van der Waals surface area contributed by atoms with E-state index in [1.807, 2.05) is 30.3 Å². The van der Waals surface area contributed by atoms with Gasteiger partial charge in [-0.25, -0.2) is 0 Å². The smallest absolute Gasteiger partial charge is 0.231 e. The highest BCUT2D eigenvalue weighted by Crippen LogP contribution is 2.26. The summed E-state index contributed by atoms with van der Waals surface area (Å²) in [7, 11) is 0. The SMILES string of the molecule is [N-]=[N+]=N[C@@H]1C(=O)N[C@@H]1c1ccccc1. The fourth-order valence-electron chi connectivity index (χ4n) is 1.47. The Kier molecular flexibility index (Phi) is 2.08. The van der Waals surface area contributed by atoms with E-state index >= 15 is 0 Å². The Morgan fingerprint density at radius 2 is 2.07 bits per heavy atom. The molecule has 14 heavy (non-hydrogen) atoms. The zero-order valence-electron chi connectivity index (χ0n) is 7.29. The normalized spacial score (nSPS) is 24.4. The lowest BCUT2D eigenvalue weighted by Gasteiger charge is -2.33. The molecule has 1 aliphatic heterocycles. The fourth-order valence-corrected chi connectivity index (χ4v) is 1.47. The molecule has 0 bridgehead atoms. The lowest BCUT2D eigenvalue weighted by molar-refractivity contribution is -0.130. The zero-order chi connectivity index (χ0) is 9.97. The lowest BCUT2D eigenvalue weighted by atomic mass is 9.92. The van der Waals surface area contributed by atoms with Crippen molar-refractivity contribution in [2.45, 2.75) is 12.1 Å². The number of rotatable bonds is 2. The van der Waals surface area contributed by atoms with Crippen molar-refractivity contribution in [3.63, 3.8) is 0 Å². The van der Waals surface area contributed by atoms with E-state index in [9.17, 15) is 4.79 Å². The van der Waals surface area contributed by atoms with Gasteiger partial charge < -0.3 is 5.32 Å². The van der Waals surface area contributed by atoms with E-state index in [0.717, 1.165) is 5.56 Å². The summed E-state index contributed by atoms with van der Waals surface area (Å²) >= 11 is 0.